The van der Waals surface area contributed by atoms with Gasteiger partial charge in [0.15, 0.2) is 0 Å². The fraction of sp³-hybridized carbons (Fsp3) is 0.741. The van der Waals surface area contributed by atoms with Gasteiger partial charge in [-0.05, 0) is 95.3 Å². The predicted octanol–water partition coefficient (Wildman–Crippen LogP) is 4.85. The quantitative estimate of drug-likeness (QED) is 0.543. The van der Waals surface area contributed by atoms with Crippen molar-refractivity contribution in [3.05, 3.63) is 24.3 Å². The molecule has 1 unspecified atom stereocenters. The zero-order chi connectivity index (χ0) is 21.8. The average Bonchev–Trinajstić information content (AvgIpc) is 3.55. The van der Waals surface area contributed by atoms with Gasteiger partial charge in [0.05, 0.1) is 12.6 Å². The molecular weight excluding hydrogens is 398 g/mol. The maximum Gasteiger partial charge on any atom is 0.227 e. The van der Waals surface area contributed by atoms with Gasteiger partial charge in [0.1, 0.15) is 5.75 Å². The Bertz CT molecular complexity index is 747. The molecule has 4 aliphatic rings. The molecule has 1 amide bonds. The highest BCUT2D eigenvalue weighted by Crippen LogP contribution is 2.43. The van der Waals surface area contributed by atoms with E-state index in [4.69, 9.17) is 4.74 Å². The van der Waals surface area contributed by atoms with Crippen LogP contribution in [0, 0.1) is 0 Å². The summed E-state index contributed by atoms with van der Waals surface area (Å²) in [5.74, 6) is 1.19. The van der Waals surface area contributed by atoms with Crippen LogP contribution < -0.4 is 9.64 Å². The van der Waals surface area contributed by atoms with Crippen LogP contribution in [0.2, 0.25) is 0 Å². The Balaban J connectivity index is 1.10. The molecule has 0 bridgehead atoms. The van der Waals surface area contributed by atoms with E-state index in [0.29, 0.717) is 18.0 Å². The molecule has 1 aromatic carbocycles. The first kappa shape index (κ1) is 22.2. The summed E-state index contributed by atoms with van der Waals surface area (Å²) >= 11 is 0. The number of likely N-dealkylation sites (tertiary alicyclic amines) is 2. The van der Waals surface area contributed by atoms with Crippen molar-refractivity contribution in [1.82, 2.24) is 9.80 Å². The predicted molar refractivity (Wildman–Crippen MR) is 129 cm³/mol. The molecule has 0 N–H and O–H groups in total. The fourth-order valence-corrected chi connectivity index (χ4v) is 6.80. The fourth-order valence-electron chi connectivity index (χ4n) is 6.80. The first-order chi connectivity index (χ1) is 15.7. The number of ether oxygens (including phenoxy) is 1. The lowest BCUT2D eigenvalue weighted by Crippen LogP contribution is -2.43. The van der Waals surface area contributed by atoms with E-state index in [1.54, 1.807) is 0 Å². The van der Waals surface area contributed by atoms with Gasteiger partial charge in [-0.2, -0.15) is 0 Å². The molecule has 176 valence electrons. The van der Waals surface area contributed by atoms with Crippen LogP contribution in [-0.4, -0.2) is 66.6 Å². The smallest absolute Gasteiger partial charge is 0.227 e. The minimum Gasteiger partial charge on any atom is -0.494 e. The van der Waals surface area contributed by atoms with Gasteiger partial charge in [-0.25, -0.2) is 0 Å². The minimum absolute atomic E-state index is 0.270. The number of rotatable bonds is 8. The van der Waals surface area contributed by atoms with E-state index in [0.717, 1.165) is 37.4 Å². The monoisotopic (exact) mass is 439 g/mol. The second-order valence-electron chi connectivity index (χ2n) is 10.5. The van der Waals surface area contributed by atoms with Crippen molar-refractivity contribution >= 4 is 11.6 Å². The summed E-state index contributed by atoms with van der Waals surface area (Å²) in [5, 5.41) is 0. The summed E-state index contributed by atoms with van der Waals surface area (Å²) in [4.78, 5) is 20.0. The second-order valence-corrected chi connectivity index (χ2v) is 10.5. The summed E-state index contributed by atoms with van der Waals surface area (Å²) < 4.78 is 6.07. The van der Waals surface area contributed by atoms with E-state index >= 15 is 0 Å². The summed E-state index contributed by atoms with van der Waals surface area (Å²) in [6, 6.07) is 8.57. The Morgan fingerprint density at radius 1 is 0.906 bits per heavy atom. The number of hydrogen-bond donors (Lipinski definition) is 0. The molecule has 1 atom stereocenters. The van der Waals surface area contributed by atoms with E-state index in [9.17, 15) is 4.79 Å². The summed E-state index contributed by atoms with van der Waals surface area (Å²) in [6.45, 7) is 6.59. The SMILES string of the molecule is O=C1CCC(CN2CCCCC2)N1c1ccc(OCCCN2CCCC23CCCC3)cc1. The number of hydrogen-bond acceptors (Lipinski definition) is 4. The van der Waals surface area contributed by atoms with Gasteiger partial charge in [-0.3, -0.25) is 9.69 Å². The highest BCUT2D eigenvalue weighted by atomic mass is 16.5. The Kier molecular flexibility index (Phi) is 7.03. The van der Waals surface area contributed by atoms with E-state index < -0.39 is 0 Å². The molecule has 1 aliphatic carbocycles. The Morgan fingerprint density at radius 2 is 1.66 bits per heavy atom. The Labute approximate surface area is 194 Å². The van der Waals surface area contributed by atoms with Crippen LogP contribution in [0.4, 0.5) is 5.69 Å². The number of benzene rings is 1. The van der Waals surface area contributed by atoms with Crippen LogP contribution in [0.5, 0.6) is 5.75 Å². The molecule has 32 heavy (non-hydrogen) atoms. The lowest BCUT2D eigenvalue weighted by atomic mass is 9.94. The summed E-state index contributed by atoms with van der Waals surface area (Å²) in [5.41, 5.74) is 1.57. The third-order valence-corrected chi connectivity index (χ3v) is 8.47. The zero-order valence-corrected chi connectivity index (χ0v) is 19.8. The zero-order valence-electron chi connectivity index (χ0n) is 19.8. The van der Waals surface area contributed by atoms with Crippen molar-refractivity contribution in [3.8, 4) is 5.75 Å². The molecule has 5 heteroatoms. The lowest BCUT2D eigenvalue weighted by Gasteiger charge is -2.35. The average molecular weight is 440 g/mol. The van der Waals surface area contributed by atoms with E-state index in [1.165, 1.54) is 84.0 Å². The van der Waals surface area contributed by atoms with Gasteiger partial charge >= 0.3 is 0 Å². The van der Waals surface area contributed by atoms with Crippen LogP contribution in [0.3, 0.4) is 0 Å². The molecule has 4 fully saturated rings. The molecule has 1 saturated carbocycles. The number of carbonyl (C=O) groups is 1. The normalized spacial score (nSPS) is 26.4. The van der Waals surface area contributed by atoms with Crippen molar-refractivity contribution in [2.75, 3.05) is 44.2 Å². The number of piperidine rings is 1. The first-order valence-electron chi connectivity index (χ1n) is 13.3. The third kappa shape index (κ3) is 4.84. The molecule has 3 saturated heterocycles. The minimum atomic E-state index is 0.270. The van der Waals surface area contributed by atoms with Gasteiger partial charge in [-0.1, -0.05) is 19.3 Å². The highest BCUT2D eigenvalue weighted by Gasteiger charge is 2.42. The largest absolute Gasteiger partial charge is 0.494 e. The summed E-state index contributed by atoms with van der Waals surface area (Å²) in [7, 11) is 0. The van der Waals surface area contributed by atoms with Crippen LogP contribution in [0.1, 0.15) is 77.0 Å². The molecular formula is C27H41N3O2. The van der Waals surface area contributed by atoms with Gasteiger partial charge < -0.3 is 14.5 Å². The number of anilines is 1. The standard InChI is InChI=1S/C27H41N3O2/c31-26-13-10-24(22-28-17-4-1-5-18-28)30(26)23-8-11-25(12-9-23)32-21-7-20-29-19-6-16-27(29)14-2-3-15-27/h8-9,11-12,24H,1-7,10,13-22H2. The number of carbonyl (C=O) groups excluding carboxylic acids is 1. The van der Waals surface area contributed by atoms with Crippen molar-refractivity contribution in [2.24, 2.45) is 0 Å². The van der Waals surface area contributed by atoms with Gasteiger partial charge in [0.25, 0.3) is 0 Å². The molecule has 1 spiro atoms. The van der Waals surface area contributed by atoms with E-state index in [1.807, 2.05) is 17.0 Å². The second kappa shape index (κ2) is 10.1. The van der Waals surface area contributed by atoms with Gasteiger partial charge in [0.2, 0.25) is 5.91 Å². The van der Waals surface area contributed by atoms with Crippen LogP contribution in [0.25, 0.3) is 0 Å². The maximum absolute atomic E-state index is 12.6. The van der Waals surface area contributed by atoms with Crippen molar-refractivity contribution in [2.45, 2.75) is 88.6 Å². The van der Waals surface area contributed by atoms with E-state index in [-0.39, 0.29) is 5.91 Å². The van der Waals surface area contributed by atoms with Crippen molar-refractivity contribution in [3.63, 3.8) is 0 Å². The highest BCUT2D eigenvalue weighted by molar-refractivity contribution is 5.96. The third-order valence-electron chi connectivity index (χ3n) is 8.47. The molecule has 3 heterocycles. The van der Waals surface area contributed by atoms with Crippen LogP contribution in [0.15, 0.2) is 24.3 Å². The van der Waals surface area contributed by atoms with Crippen molar-refractivity contribution in [1.29, 1.82) is 0 Å². The Hall–Kier alpha value is -1.59. The topological polar surface area (TPSA) is 36.0 Å². The lowest BCUT2D eigenvalue weighted by molar-refractivity contribution is -0.117. The molecule has 1 aromatic rings. The molecule has 3 aliphatic heterocycles. The molecule has 5 nitrogen and oxygen atoms in total. The number of amides is 1. The molecule has 0 aromatic heterocycles. The molecule has 5 rings (SSSR count). The van der Waals surface area contributed by atoms with Crippen molar-refractivity contribution < 1.29 is 9.53 Å². The first-order valence-corrected chi connectivity index (χ1v) is 13.3. The van der Waals surface area contributed by atoms with Gasteiger partial charge in [0, 0.05) is 30.7 Å². The Morgan fingerprint density at radius 3 is 2.44 bits per heavy atom. The van der Waals surface area contributed by atoms with Crippen LogP contribution in [-0.2, 0) is 4.79 Å². The maximum atomic E-state index is 12.6. The van der Waals surface area contributed by atoms with Gasteiger partial charge in [-0.15, -0.1) is 0 Å². The molecule has 0 radical (unpaired) electrons. The van der Waals surface area contributed by atoms with E-state index in [2.05, 4.69) is 21.9 Å². The van der Waals surface area contributed by atoms with Crippen LogP contribution >= 0.6 is 0 Å². The number of nitrogens with zero attached hydrogens (tertiary/aromatic N) is 3. The summed E-state index contributed by atoms with van der Waals surface area (Å²) in [6.07, 6.45) is 15.1.